The minimum absolute atomic E-state index is 0.0414. The molecule has 0 atom stereocenters. The summed E-state index contributed by atoms with van der Waals surface area (Å²) in [5.41, 5.74) is 2.18. The van der Waals surface area contributed by atoms with Crippen LogP contribution >= 0.6 is 0 Å². The van der Waals surface area contributed by atoms with Gasteiger partial charge in [-0.25, -0.2) is 4.68 Å². The normalized spacial score (nSPS) is 18.0. The molecule has 2 heterocycles. The second kappa shape index (κ2) is 6.12. The van der Waals surface area contributed by atoms with Gasteiger partial charge >= 0.3 is 0 Å². The van der Waals surface area contributed by atoms with E-state index in [-0.39, 0.29) is 18.6 Å². The molecule has 1 saturated heterocycles. The molecule has 1 aromatic heterocycles. The summed E-state index contributed by atoms with van der Waals surface area (Å²) in [4.78, 5) is 13.9. The van der Waals surface area contributed by atoms with Crippen LogP contribution in [0.2, 0.25) is 0 Å². The van der Waals surface area contributed by atoms with Crippen molar-refractivity contribution >= 4 is 5.91 Å². The lowest BCUT2D eigenvalue weighted by atomic mass is 10.1. The minimum atomic E-state index is 0.0414. The van der Waals surface area contributed by atoms with E-state index in [1.807, 2.05) is 46.1 Å². The van der Waals surface area contributed by atoms with Crippen LogP contribution in [0.5, 0.6) is 0 Å². The maximum absolute atomic E-state index is 12.1. The lowest BCUT2D eigenvalue weighted by Crippen LogP contribution is -2.52. The first-order valence-corrected chi connectivity index (χ1v) is 8.11. The predicted octanol–water partition coefficient (Wildman–Crippen LogP) is 1.76. The molecule has 1 saturated carbocycles. The van der Waals surface area contributed by atoms with Crippen LogP contribution in [0.25, 0.3) is 0 Å². The summed E-state index contributed by atoms with van der Waals surface area (Å²) in [6.07, 6.45) is 4.50. The largest absolute Gasteiger partial charge is 0.367 e. The van der Waals surface area contributed by atoms with Crippen LogP contribution in [0.1, 0.15) is 36.1 Å². The van der Waals surface area contributed by atoms with Crippen LogP contribution in [-0.4, -0.2) is 45.5 Å². The van der Waals surface area contributed by atoms with Crippen LogP contribution in [0, 0.1) is 0 Å². The van der Waals surface area contributed by atoms with Crippen molar-refractivity contribution < 1.29 is 9.53 Å². The van der Waals surface area contributed by atoms with E-state index in [9.17, 15) is 4.79 Å². The maximum Gasteiger partial charge on any atom is 0.248 e. The van der Waals surface area contributed by atoms with Crippen molar-refractivity contribution in [2.45, 2.75) is 31.4 Å². The summed E-state index contributed by atoms with van der Waals surface area (Å²) in [6, 6.07) is 10.1. The number of benzene rings is 1. The van der Waals surface area contributed by atoms with Gasteiger partial charge in [0.2, 0.25) is 5.91 Å². The van der Waals surface area contributed by atoms with Gasteiger partial charge in [-0.2, -0.15) is 0 Å². The van der Waals surface area contributed by atoms with Gasteiger partial charge in [-0.3, -0.25) is 4.79 Å². The molecule has 1 amide bonds. The topological polar surface area (TPSA) is 60.2 Å². The molecule has 6 heteroatoms. The second-order valence-electron chi connectivity index (χ2n) is 6.33. The predicted molar refractivity (Wildman–Crippen MR) is 83.7 cm³/mol. The van der Waals surface area contributed by atoms with Crippen LogP contribution in [0.3, 0.4) is 0 Å². The summed E-state index contributed by atoms with van der Waals surface area (Å²) in [6.45, 7) is 1.99. The average Bonchev–Trinajstić information content (AvgIpc) is 3.26. The molecule has 1 aliphatic heterocycles. The highest BCUT2D eigenvalue weighted by Crippen LogP contribution is 2.39. The molecule has 4 rings (SSSR count). The summed E-state index contributed by atoms with van der Waals surface area (Å²) in [5.74, 6) is 0.660. The third kappa shape index (κ3) is 3.27. The highest BCUT2D eigenvalue weighted by molar-refractivity contribution is 5.78. The molecule has 23 heavy (non-hydrogen) atoms. The Hall–Kier alpha value is -2.21. The van der Waals surface area contributed by atoms with Crippen molar-refractivity contribution in [2.75, 3.05) is 19.7 Å². The summed E-state index contributed by atoms with van der Waals surface area (Å²) >= 11 is 0. The quantitative estimate of drug-likeness (QED) is 0.815. The highest BCUT2D eigenvalue weighted by atomic mass is 16.5. The van der Waals surface area contributed by atoms with Gasteiger partial charge in [-0.15, -0.1) is 5.10 Å². The number of hydrogen-bond donors (Lipinski definition) is 0. The Morgan fingerprint density at radius 1 is 1.22 bits per heavy atom. The zero-order valence-electron chi connectivity index (χ0n) is 13.0. The van der Waals surface area contributed by atoms with Crippen LogP contribution in [0.15, 0.2) is 36.5 Å². The Bertz CT molecular complexity index is 675. The Labute approximate surface area is 135 Å². The summed E-state index contributed by atoms with van der Waals surface area (Å²) in [7, 11) is 0. The molecular weight excluding hydrogens is 292 g/mol. The van der Waals surface area contributed by atoms with Gasteiger partial charge in [-0.1, -0.05) is 35.5 Å². The molecule has 0 unspecified atom stereocenters. The fraction of sp³-hybridized carbons (Fsp3) is 0.471. The molecule has 2 aromatic rings. The average molecular weight is 312 g/mol. The van der Waals surface area contributed by atoms with Crippen molar-refractivity contribution in [3.05, 3.63) is 47.8 Å². The van der Waals surface area contributed by atoms with E-state index in [4.69, 9.17) is 4.74 Å². The van der Waals surface area contributed by atoms with Gasteiger partial charge in [0.05, 0.1) is 18.3 Å². The molecular formula is C17H20N4O2. The maximum atomic E-state index is 12.1. The third-order valence-corrected chi connectivity index (χ3v) is 4.45. The summed E-state index contributed by atoms with van der Waals surface area (Å²) < 4.78 is 7.40. The van der Waals surface area contributed by atoms with Crippen molar-refractivity contribution in [1.82, 2.24) is 19.9 Å². The molecule has 2 fully saturated rings. The first-order valence-electron chi connectivity index (χ1n) is 8.11. The molecule has 120 valence electrons. The van der Waals surface area contributed by atoms with Gasteiger partial charge in [-0.05, 0) is 18.4 Å². The van der Waals surface area contributed by atoms with Crippen LogP contribution in [0.4, 0.5) is 0 Å². The zero-order chi connectivity index (χ0) is 15.6. The SMILES string of the molecule is O=C(COCc1ccccc1)N1CC(n2cc(C3CC3)nn2)C1. The first kappa shape index (κ1) is 14.4. The van der Waals surface area contributed by atoms with E-state index in [1.54, 1.807) is 0 Å². The van der Waals surface area contributed by atoms with Crippen molar-refractivity contribution in [3.63, 3.8) is 0 Å². The Morgan fingerprint density at radius 3 is 2.74 bits per heavy atom. The third-order valence-electron chi connectivity index (χ3n) is 4.45. The number of carbonyl (C=O) groups is 1. The van der Waals surface area contributed by atoms with Gasteiger partial charge in [0, 0.05) is 25.2 Å². The van der Waals surface area contributed by atoms with E-state index < -0.39 is 0 Å². The number of carbonyl (C=O) groups excluding carboxylic acids is 1. The first-order chi connectivity index (χ1) is 11.3. The fourth-order valence-electron chi connectivity index (χ4n) is 2.78. The highest BCUT2D eigenvalue weighted by Gasteiger charge is 2.34. The monoisotopic (exact) mass is 312 g/mol. The fourth-order valence-corrected chi connectivity index (χ4v) is 2.78. The minimum Gasteiger partial charge on any atom is -0.367 e. The van der Waals surface area contributed by atoms with Crippen molar-refractivity contribution in [1.29, 1.82) is 0 Å². The van der Waals surface area contributed by atoms with Crippen LogP contribution in [-0.2, 0) is 16.1 Å². The lowest BCUT2D eigenvalue weighted by Gasteiger charge is -2.38. The number of hydrogen-bond acceptors (Lipinski definition) is 4. The van der Waals surface area contributed by atoms with E-state index in [2.05, 4.69) is 10.3 Å². The number of aromatic nitrogens is 3. The lowest BCUT2D eigenvalue weighted by molar-refractivity contribution is -0.142. The number of amides is 1. The van der Waals surface area contributed by atoms with Gasteiger partial charge in [0.15, 0.2) is 0 Å². The molecule has 1 aliphatic carbocycles. The van der Waals surface area contributed by atoms with E-state index in [0.29, 0.717) is 25.6 Å². The standard InChI is InChI=1S/C17H20N4O2/c22-17(12-23-11-13-4-2-1-3-5-13)20-8-15(9-20)21-10-16(18-19-21)14-6-7-14/h1-5,10,14-15H,6-9,11-12H2. The molecule has 1 aromatic carbocycles. The number of likely N-dealkylation sites (tertiary alicyclic amines) is 1. The molecule has 6 nitrogen and oxygen atoms in total. The van der Waals surface area contributed by atoms with Gasteiger partial charge in [0.25, 0.3) is 0 Å². The van der Waals surface area contributed by atoms with Crippen molar-refractivity contribution in [2.24, 2.45) is 0 Å². The Balaban J connectivity index is 1.20. The number of nitrogens with zero attached hydrogens (tertiary/aromatic N) is 4. The number of rotatable bonds is 6. The smallest absolute Gasteiger partial charge is 0.248 e. The van der Waals surface area contributed by atoms with E-state index in [0.717, 1.165) is 11.3 Å². The van der Waals surface area contributed by atoms with Gasteiger partial charge < -0.3 is 9.64 Å². The Kier molecular flexibility index (Phi) is 3.83. The molecule has 2 aliphatic rings. The van der Waals surface area contributed by atoms with Crippen LogP contribution < -0.4 is 0 Å². The summed E-state index contributed by atoms with van der Waals surface area (Å²) in [5, 5.41) is 8.41. The van der Waals surface area contributed by atoms with Crippen molar-refractivity contribution in [3.8, 4) is 0 Å². The molecule has 0 bridgehead atoms. The Morgan fingerprint density at radius 2 is 2.00 bits per heavy atom. The second-order valence-corrected chi connectivity index (χ2v) is 6.33. The molecule has 0 spiro atoms. The molecule has 0 N–H and O–H groups in total. The zero-order valence-corrected chi connectivity index (χ0v) is 13.0. The molecule has 0 radical (unpaired) electrons. The number of ether oxygens (including phenoxy) is 1. The van der Waals surface area contributed by atoms with E-state index in [1.165, 1.54) is 12.8 Å². The van der Waals surface area contributed by atoms with E-state index >= 15 is 0 Å². The van der Waals surface area contributed by atoms with Gasteiger partial charge in [0.1, 0.15) is 6.61 Å².